The van der Waals surface area contributed by atoms with Gasteiger partial charge in [-0.15, -0.1) is 0 Å². The van der Waals surface area contributed by atoms with E-state index in [4.69, 9.17) is 10.7 Å². The van der Waals surface area contributed by atoms with E-state index < -0.39 is 0 Å². The molecule has 1 aromatic heterocycles. The van der Waals surface area contributed by atoms with Crippen molar-refractivity contribution in [2.24, 2.45) is 5.73 Å². The molecule has 3 nitrogen and oxygen atoms in total. The maximum Gasteiger partial charge on any atom is 0.127 e. The number of hydrogen-bond donors (Lipinski definition) is 1. The van der Waals surface area contributed by atoms with Crippen molar-refractivity contribution < 1.29 is 0 Å². The topological polar surface area (TPSA) is 43.8 Å². The van der Waals surface area contributed by atoms with E-state index in [1.807, 2.05) is 0 Å². The van der Waals surface area contributed by atoms with Crippen molar-refractivity contribution in [1.82, 2.24) is 9.55 Å². The molecule has 3 heterocycles. The van der Waals surface area contributed by atoms with Gasteiger partial charge < -0.3 is 10.3 Å². The van der Waals surface area contributed by atoms with Gasteiger partial charge >= 0.3 is 0 Å². The highest BCUT2D eigenvalue weighted by atomic mass is 79.9. The summed E-state index contributed by atoms with van der Waals surface area (Å²) in [6.07, 6.45) is 4.69. The second kappa shape index (κ2) is 4.94. The lowest BCUT2D eigenvalue weighted by Gasteiger charge is -2.26. The number of nitrogens with two attached hydrogens (primary N) is 1. The lowest BCUT2D eigenvalue weighted by atomic mass is 10.0. The van der Waals surface area contributed by atoms with Gasteiger partial charge in [0.25, 0.3) is 0 Å². The number of thioether (sulfide) groups is 1. The lowest BCUT2D eigenvalue weighted by molar-refractivity contribution is 0.431. The fourth-order valence-electron chi connectivity index (χ4n) is 2.83. The Morgan fingerprint density at radius 2 is 2.06 bits per heavy atom. The van der Waals surface area contributed by atoms with Crippen LogP contribution in [-0.4, -0.2) is 27.1 Å². The highest BCUT2D eigenvalue weighted by Crippen LogP contribution is 2.35. The summed E-state index contributed by atoms with van der Waals surface area (Å²) < 4.78 is 3.44. The first-order valence-electron chi connectivity index (χ1n) is 6.34. The molecule has 94 valence electrons. The van der Waals surface area contributed by atoms with Crippen molar-refractivity contribution in [1.29, 1.82) is 0 Å². The Morgan fingerprint density at radius 1 is 1.29 bits per heavy atom. The molecule has 0 aromatic carbocycles. The number of fused-ring (bicyclic) bond motifs is 1. The van der Waals surface area contributed by atoms with Crippen molar-refractivity contribution in [3.8, 4) is 0 Å². The zero-order chi connectivity index (χ0) is 11.8. The second-order valence-electron chi connectivity index (χ2n) is 5.00. The van der Waals surface area contributed by atoms with Gasteiger partial charge in [-0.3, -0.25) is 0 Å². The monoisotopic (exact) mass is 315 g/mol. The highest BCUT2D eigenvalue weighted by molar-refractivity contribution is 9.10. The Kier molecular flexibility index (Phi) is 3.50. The zero-order valence-corrected chi connectivity index (χ0v) is 12.3. The molecule has 1 atom stereocenters. The van der Waals surface area contributed by atoms with E-state index in [0.29, 0.717) is 12.0 Å². The molecule has 3 rings (SSSR count). The highest BCUT2D eigenvalue weighted by Gasteiger charge is 2.27. The van der Waals surface area contributed by atoms with Gasteiger partial charge in [-0.25, -0.2) is 4.98 Å². The molecule has 1 saturated heterocycles. The van der Waals surface area contributed by atoms with Crippen molar-refractivity contribution in [3.05, 3.63) is 16.1 Å². The number of hydrogen-bond acceptors (Lipinski definition) is 3. The first kappa shape index (κ1) is 12.1. The van der Waals surface area contributed by atoms with E-state index >= 15 is 0 Å². The van der Waals surface area contributed by atoms with Gasteiger partial charge in [0.15, 0.2) is 0 Å². The third-order valence-corrected chi connectivity index (χ3v) is 5.49. The van der Waals surface area contributed by atoms with Crippen LogP contribution in [0, 0.1) is 0 Å². The fraction of sp³-hybridized carbons (Fsp3) is 0.750. The predicted octanol–water partition coefficient (Wildman–Crippen LogP) is 2.53. The van der Waals surface area contributed by atoms with Crippen LogP contribution in [-0.2, 0) is 13.0 Å². The standard InChI is InChI=1S/C12H18BrN3S/c13-11-10-2-1-9(14)7-16(10)12(15-11)8-3-5-17-6-4-8/h8-9H,1-7,14H2. The molecule has 1 aromatic rings. The molecule has 0 bridgehead atoms. The summed E-state index contributed by atoms with van der Waals surface area (Å²) in [7, 11) is 0. The molecule has 1 unspecified atom stereocenters. The molecule has 0 spiro atoms. The molecule has 2 N–H and O–H groups in total. The summed E-state index contributed by atoms with van der Waals surface area (Å²) in [4.78, 5) is 4.77. The predicted molar refractivity (Wildman–Crippen MR) is 75.5 cm³/mol. The molecular formula is C12H18BrN3S. The number of imidazole rings is 1. The zero-order valence-electron chi connectivity index (χ0n) is 9.86. The second-order valence-corrected chi connectivity index (χ2v) is 6.98. The summed E-state index contributed by atoms with van der Waals surface area (Å²) in [5.41, 5.74) is 7.45. The molecule has 0 aliphatic carbocycles. The average Bonchev–Trinajstić information content (AvgIpc) is 2.67. The first-order chi connectivity index (χ1) is 8.25. The number of halogens is 1. The molecule has 5 heteroatoms. The molecule has 17 heavy (non-hydrogen) atoms. The van der Waals surface area contributed by atoms with Crippen LogP contribution in [0.3, 0.4) is 0 Å². The lowest BCUT2D eigenvalue weighted by Crippen LogP contribution is -2.33. The Balaban J connectivity index is 1.93. The maximum absolute atomic E-state index is 6.09. The van der Waals surface area contributed by atoms with Crippen molar-refractivity contribution in [2.45, 2.75) is 44.2 Å². The van der Waals surface area contributed by atoms with Crippen LogP contribution in [0.1, 0.15) is 36.7 Å². The number of rotatable bonds is 1. The summed E-state index contributed by atoms with van der Waals surface area (Å²) >= 11 is 5.68. The van der Waals surface area contributed by atoms with Crippen LogP contribution in [0.25, 0.3) is 0 Å². The van der Waals surface area contributed by atoms with Crippen molar-refractivity contribution in [2.75, 3.05) is 11.5 Å². The van der Waals surface area contributed by atoms with Gasteiger partial charge in [-0.05, 0) is 53.1 Å². The van der Waals surface area contributed by atoms with Crippen LogP contribution in [0.4, 0.5) is 0 Å². The van der Waals surface area contributed by atoms with E-state index in [-0.39, 0.29) is 0 Å². The van der Waals surface area contributed by atoms with E-state index in [9.17, 15) is 0 Å². The molecule has 0 radical (unpaired) electrons. The van der Waals surface area contributed by atoms with E-state index in [1.165, 1.54) is 35.9 Å². The van der Waals surface area contributed by atoms with Crippen molar-refractivity contribution in [3.63, 3.8) is 0 Å². The maximum atomic E-state index is 6.09. The van der Waals surface area contributed by atoms with E-state index in [0.717, 1.165) is 24.0 Å². The molecule has 0 saturated carbocycles. The molecule has 2 aliphatic rings. The van der Waals surface area contributed by atoms with E-state index in [2.05, 4.69) is 32.3 Å². The molecule has 0 amide bonds. The summed E-state index contributed by atoms with van der Waals surface area (Å²) in [6, 6.07) is 0.306. The normalized spacial score (nSPS) is 25.9. The van der Waals surface area contributed by atoms with Crippen LogP contribution >= 0.6 is 27.7 Å². The van der Waals surface area contributed by atoms with Crippen molar-refractivity contribution >= 4 is 27.7 Å². The minimum absolute atomic E-state index is 0.306. The Morgan fingerprint density at radius 3 is 2.82 bits per heavy atom. The fourth-order valence-corrected chi connectivity index (χ4v) is 4.53. The molecule has 1 fully saturated rings. The van der Waals surface area contributed by atoms with Crippen LogP contribution < -0.4 is 5.73 Å². The number of nitrogens with zero attached hydrogens (tertiary/aromatic N) is 2. The summed E-state index contributed by atoms with van der Waals surface area (Å²) in [5, 5.41) is 0. The number of aromatic nitrogens is 2. The van der Waals surface area contributed by atoms with E-state index in [1.54, 1.807) is 0 Å². The largest absolute Gasteiger partial charge is 0.329 e. The average molecular weight is 316 g/mol. The SMILES string of the molecule is NC1CCc2c(Br)nc(C3CCSCC3)n2C1. The first-order valence-corrected chi connectivity index (χ1v) is 8.28. The smallest absolute Gasteiger partial charge is 0.127 e. The van der Waals surface area contributed by atoms with Gasteiger partial charge in [-0.2, -0.15) is 11.8 Å². The Labute approximate surface area is 115 Å². The molecular weight excluding hydrogens is 298 g/mol. The van der Waals surface area contributed by atoms with Crippen LogP contribution in [0.2, 0.25) is 0 Å². The van der Waals surface area contributed by atoms with Gasteiger partial charge in [0, 0.05) is 18.5 Å². The third-order valence-electron chi connectivity index (χ3n) is 3.81. The minimum atomic E-state index is 0.306. The van der Waals surface area contributed by atoms with Gasteiger partial charge in [0.1, 0.15) is 10.4 Å². The van der Waals surface area contributed by atoms with Gasteiger partial charge in [-0.1, -0.05) is 0 Å². The van der Waals surface area contributed by atoms with Crippen LogP contribution in [0.5, 0.6) is 0 Å². The van der Waals surface area contributed by atoms with Crippen LogP contribution in [0.15, 0.2) is 4.60 Å². The molecule has 2 aliphatic heterocycles. The minimum Gasteiger partial charge on any atom is -0.329 e. The van der Waals surface area contributed by atoms with Gasteiger partial charge in [0.2, 0.25) is 0 Å². The Hall–Kier alpha value is -0.000000000000000111. The Bertz CT molecular complexity index is 412. The summed E-state index contributed by atoms with van der Waals surface area (Å²) in [6.45, 7) is 0.951. The third kappa shape index (κ3) is 2.29. The van der Waals surface area contributed by atoms with Gasteiger partial charge in [0.05, 0.1) is 5.69 Å². The quantitative estimate of drug-likeness (QED) is 0.866. The summed E-state index contributed by atoms with van der Waals surface area (Å²) in [5.74, 6) is 4.47.